The van der Waals surface area contributed by atoms with E-state index in [-0.39, 0.29) is 18.5 Å². The molecule has 0 aromatic heterocycles. The minimum atomic E-state index is -0.912. The smallest absolute Gasteiger partial charge is 0.322 e. The van der Waals surface area contributed by atoms with Crippen molar-refractivity contribution in [2.24, 2.45) is 5.41 Å². The number of nitrogens with zero attached hydrogens (tertiary/aromatic N) is 1. The lowest BCUT2D eigenvalue weighted by atomic mass is 9.90. The summed E-state index contributed by atoms with van der Waals surface area (Å²) in [6, 6.07) is 4.44. The lowest BCUT2D eigenvalue weighted by Gasteiger charge is -2.19. The van der Waals surface area contributed by atoms with Gasteiger partial charge in [0.2, 0.25) is 0 Å². The minimum absolute atomic E-state index is 0.236. The molecule has 2 rings (SSSR count). The monoisotopic (exact) mass is 353 g/mol. The van der Waals surface area contributed by atoms with Crippen LogP contribution in [-0.4, -0.2) is 42.6 Å². The van der Waals surface area contributed by atoms with E-state index in [0.29, 0.717) is 35.8 Å². The summed E-state index contributed by atoms with van der Waals surface area (Å²) in [5, 5.41) is 14.8. The van der Waals surface area contributed by atoms with Crippen LogP contribution in [0.15, 0.2) is 18.2 Å². The molecule has 0 bridgehead atoms. The molecule has 1 fully saturated rings. The van der Waals surface area contributed by atoms with E-state index in [1.807, 2.05) is 0 Å². The second-order valence-electron chi connectivity index (χ2n) is 6.24. The fourth-order valence-corrected chi connectivity index (χ4v) is 2.48. The first-order chi connectivity index (χ1) is 11.2. The van der Waals surface area contributed by atoms with E-state index in [9.17, 15) is 14.4 Å². The molecule has 8 heteroatoms. The number of carboxylic acids is 1. The molecule has 1 saturated heterocycles. The van der Waals surface area contributed by atoms with Gasteiger partial charge in [0.15, 0.2) is 0 Å². The first-order valence-electron chi connectivity index (χ1n) is 7.59. The molecule has 0 unspecified atom stereocenters. The zero-order valence-corrected chi connectivity index (χ0v) is 14.3. The maximum atomic E-state index is 12.2. The van der Waals surface area contributed by atoms with E-state index in [2.05, 4.69) is 10.6 Å². The molecule has 3 amide bonds. The highest BCUT2D eigenvalue weighted by molar-refractivity contribution is 6.34. The van der Waals surface area contributed by atoms with Gasteiger partial charge in [-0.25, -0.2) is 4.79 Å². The van der Waals surface area contributed by atoms with Crippen LogP contribution in [0.2, 0.25) is 5.02 Å². The van der Waals surface area contributed by atoms with Crippen molar-refractivity contribution < 1.29 is 19.5 Å². The number of carbonyl (C=O) groups is 3. The Labute approximate surface area is 145 Å². The molecule has 3 N–H and O–H groups in total. The number of halogens is 1. The third-order valence-corrected chi connectivity index (χ3v) is 4.29. The Morgan fingerprint density at radius 1 is 1.42 bits per heavy atom. The topological polar surface area (TPSA) is 98.7 Å². The Morgan fingerprint density at radius 3 is 2.71 bits per heavy atom. The summed E-state index contributed by atoms with van der Waals surface area (Å²) in [5.74, 6) is -1.25. The summed E-state index contributed by atoms with van der Waals surface area (Å²) in [5.41, 5.74) is -0.0704. The van der Waals surface area contributed by atoms with Crippen molar-refractivity contribution in [3.8, 4) is 0 Å². The van der Waals surface area contributed by atoms with Gasteiger partial charge in [-0.05, 0) is 38.5 Å². The summed E-state index contributed by atoms with van der Waals surface area (Å²) >= 11 is 6.13. The van der Waals surface area contributed by atoms with Crippen LogP contribution in [0.1, 0.15) is 30.6 Å². The van der Waals surface area contributed by atoms with Gasteiger partial charge >= 0.3 is 12.0 Å². The van der Waals surface area contributed by atoms with Crippen molar-refractivity contribution in [1.29, 1.82) is 0 Å². The molecule has 24 heavy (non-hydrogen) atoms. The molecule has 0 aliphatic carbocycles. The second-order valence-corrected chi connectivity index (χ2v) is 6.65. The van der Waals surface area contributed by atoms with Crippen LogP contribution in [0.3, 0.4) is 0 Å². The molecule has 130 valence electrons. The molecule has 1 aromatic carbocycles. The third-order valence-electron chi connectivity index (χ3n) is 3.97. The lowest BCUT2D eigenvalue weighted by Crippen LogP contribution is -2.32. The van der Waals surface area contributed by atoms with Gasteiger partial charge in [-0.3, -0.25) is 14.5 Å². The molecule has 0 atom stereocenters. The van der Waals surface area contributed by atoms with Gasteiger partial charge in [-0.2, -0.15) is 0 Å². The van der Waals surface area contributed by atoms with Crippen LogP contribution in [-0.2, 0) is 4.79 Å². The van der Waals surface area contributed by atoms with Crippen molar-refractivity contribution in [1.82, 2.24) is 10.6 Å². The number of hydrogen-bond donors (Lipinski definition) is 3. The number of carboxylic acid groups (broad SMARTS) is 1. The number of nitrogens with one attached hydrogen (secondary N) is 2. The highest BCUT2D eigenvalue weighted by atomic mass is 35.5. The van der Waals surface area contributed by atoms with Crippen LogP contribution >= 0.6 is 11.6 Å². The molecular formula is C16H20ClN3O4. The van der Waals surface area contributed by atoms with Gasteiger partial charge in [0, 0.05) is 25.2 Å². The first-order valence-corrected chi connectivity index (χ1v) is 7.97. The third kappa shape index (κ3) is 3.97. The van der Waals surface area contributed by atoms with Crippen molar-refractivity contribution in [3.05, 3.63) is 28.8 Å². The van der Waals surface area contributed by atoms with Crippen LogP contribution in [0.5, 0.6) is 0 Å². The molecule has 1 heterocycles. The highest BCUT2D eigenvalue weighted by Crippen LogP contribution is 2.28. The lowest BCUT2D eigenvalue weighted by molar-refractivity contribution is -0.147. The summed E-state index contributed by atoms with van der Waals surface area (Å²) in [6.07, 6.45) is 0.309. The summed E-state index contributed by atoms with van der Waals surface area (Å²) in [6.45, 7) is 4.45. The Bertz CT molecular complexity index is 675. The molecule has 7 nitrogen and oxygen atoms in total. The van der Waals surface area contributed by atoms with E-state index >= 15 is 0 Å². The van der Waals surface area contributed by atoms with Crippen LogP contribution in [0.4, 0.5) is 10.5 Å². The Balaban J connectivity index is 2.05. The standard InChI is InChI=1S/C16H20ClN3O4/c1-16(2,14(22)23)5-6-18-13(21)10-3-4-11(17)12(9-10)20-8-7-19-15(20)24/h3-4,9H,5-8H2,1-2H3,(H,18,21)(H,19,24)(H,22,23). The Hall–Kier alpha value is -2.28. The first kappa shape index (κ1) is 18.1. The molecule has 0 radical (unpaired) electrons. The summed E-state index contributed by atoms with van der Waals surface area (Å²) in [7, 11) is 0. The number of rotatable bonds is 6. The Kier molecular flexibility index (Phi) is 5.33. The van der Waals surface area contributed by atoms with Gasteiger partial charge in [0.1, 0.15) is 0 Å². The van der Waals surface area contributed by atoms with Crippen molar-refractivity contribution in [2.45, 2.75) is 20.3 Å². The van der Waals surface area contributed by atoms with Crippen LogP contribution in [0.25, 0.3) is 0 Å². The largest absolute Gasteiger partial charge is 0.481 e. The minimum Gasteiger partial charge on any atom is -0.481 e. The van der Waals surface area contributed by atoms with Crippen molar-refractivity contribution in [3.63, 3.8) is 0 Å². The van der Waals surface area contributed by atoms with Gasteiger partial charge in [-0.1, -0.05) is 11.6 Å². The highest BCUT2D eigenvalue weighted by Gasteiger charge is 2.27. The predicted molar refractivity (Wildman–Crippen MR) is 90.6 cm³/mol. The van der Waals surface area contributed by atoms with E-state index in [1.54, 1.807) is 32.0 Å². The SMILES string of the molecule is CC(C)(CCNC(=O)c1ccc(Cl)c(N2CCNC2=O)c1)C(=O)O. The summed E-state index contributed by atoms with van der Waals surface area (Å²) in [4.78, 5) is 36.5. The van der Waals surface area contributed by atoms with Gasteiger partial charge in [0.25, 0.3) is 5.91 Å². The van der Waals surface area contributed by atoms with E-state index in [0.717, 1.165) is 0 Å². The number of amides is 3. The average Bonchev–Trinajstić information content (AvgIpc) is 2.93. The number of aliphatic carboxylic acids is 1. The molecule has 1 aromatic rings. The molecule has 1 aliphatic heterocycles. The summed E-state index contributed by atoms with van der Waals surface area (Å²) < 4.78 is 0. The van der Waals surface area contributed by atoms with E-state index < -0.39 is 11.4 Å². The quantitative estimate of drug-likeness (QED) is 0.729. The Morgan fingerprint density at radius 2 is 2.12 bits per heavy atom. The maximum Gasteiger partial charge on any atom is 0.322 e. The van der Waals surface area contributed by atoms with Crippen molar-refractivity contribution >= 4 is 35.2 Å². The zero-order valence-electron chi connectivity index (χ0n) is 13.6. The molecular weight excluding hydrogens is 334 g/mol. The fraction of sp³-hybridized carbons (Fsp3) is 0.438. The number of anilines is 1. The number of urea groups is 1. The van der Waals surface area contributed by atoms with Gasteiger partial charge < -0.3 is 15.7 Å². The van der Waals surface area contributed by atoms with Gasteiger partial charge in [0.05, 0.1) is 16.1 Å². The molecule has 0 spiro atoms. The second kappa shape index (κ2) is 7.09. The average molecular weight is 354 g/mol. The van der Waals surface area contributed by atoms with Crippen LogP contribution < -0.4 is 15.5 Å². The van der Waals surface area contributed by atoms with E-state index in [1.165, 1.54) is 4.90 Å². The molecule has 1 aliphatic rings. The predicted octanol–water partition coefficient (Wildman–Crippen LogP) is 2.10. The number of carbonyl (C=O) groups excluding carboxylic acids is 2. The van der Waals surface area contributed by atoms with Crippen LogP contribution in [0, 0.1) is 5.41 Å². The van der Waals surface area contributed by atoms with Gasteiger partial charge in [-0.15, -0.1) is 0 Å². The van der Waals surface area contributed by atoms with Crippen molar-refractivity contribution in [2.75, 3.05) is 24.5 Å². The normalized spacial score (nSPS) is 14.5. The number of benzene rings is 1. The fourth-order valence-electron chi connectivity index (χ4n) is 2.26. The maximum absolute atomic E-state index is 12.2. The molecule has 0 saturated carbocycles. The zero-order chi connectivity index (χ0) is 17.9. The number of hydrogen-bond acceptors (Lipinski definition) is 3. The van der Waals surface area contributed by atoms with E-state index in [4.69, 9.17) is 16.7 Å².